The first-order valence-corrected chi connectivity index (χ1v) is 7.27. The molecule has 0 radical (unpaired) electrons. The maximum atomic E-state index is 8.89. The molecular weight excluding hydrogens is 274 g/mol. The number of ether oxygens (including phenoxy) is 1. The van der Waals surface area contributed by atoms with E-state index >= 15 is 0 Å². The molecule has 0 unspecified atom stereocenters. The number of nitriles is 1. The first-order chi connectivity index (χ1) is 10.4. The number of pyridine rings is 1. The van der Waals surface area contributed by atoms with E-state index in [1.165, 1.54) is 0 Å². The Bertz CT molecular complexity index is 696. The van der Waals surface area contributed by atoms with E-state index in [0.29, 0.717) is 18.1 Å². The number of hydrogen-bond donors (Lipinski definition) is 1. The van der Waals surface area contributed by atoms with Gasteiger partial charge in [-0.05, 0) is 51.5 Å². The van der Waals surface area contributed by atoms with Crippen LogP contribution in [0.2, 0.25) is 0 Å². The highest BCUT2D eigenvalue weighted by Crippen LogP contribution is 2.25. The van der Waals surface area contributed by atoms with Crippen molar-refractivity contribution in [1.29, 1.82) is 5.26 Å². The SMILES string of the molecule is Cc1ccc(CNc2cccc(C#N)n2)c(OC(C)(C)C)c1. The number of nitrogens with one attached hydrogen (secondary N) is 1. The van der Waals surface area contributed by atoms with Crippen LogP contribution in [0.1, 0.15) is 37.6 Å². The minimum Gasteiger partial charge on any atom is -0.488 e. The monoisotopic (exact) mass is 295 g/mol. The van der Waals surface area contributed by atoms with Crippen molar-refractivity contribution in [2.75, 3.05) is 5.32 Å². The van der Waals surface area contributed by atoms with Crippen LogP contribution in [-0.4, -0.2) is 10.6 Å². The zero-order chi connectivity index (χ0) is 16.2. The minimum absolute atomic E-state index is 0.248. The van der Waals surface area contributed by atoms with Gasteiger partial charge in [0.1, 0.15) is 28.9 Å². The topological polar surface area (TPSA) is 57.9 Å². The van der Waals surface area contributed by atoms with Gasteiger partial charge >= 0.3 is 0 Å². The lowest BCUT2D eigenvalue weighted by Crippen LogP contribution is -2.24. The highest BCUT2D eigenvalue weighted by Gasteiger charge is 2.14. The van der Waals surface area contributed by atoms with Gasteiger partial charge in [0, 0.05) is 12.1 Å². The molecule has 0 aliphatic rings. The summed E-state index contributed by atoms with van der Waals surface area (Å²) in [7, 11) is 0. The molecule has 0 aliphatic heterocycles. The van der Waals surface area contributed by atoms with Crippen LogP contribution in [-0.2, 0) is 6.54 Å². The first kappa shape index (κ1) is 15.8. The van der Waals surface area contributed by atoms with Crippen LogP contribution in [0.25, 0.3) is 0 Å². The minimum atomic E-state index is -0.248. The van der Waals surface area contributed by atoms with Gasteiger partial charge in [0.15, 0.2) is 0 Å². The summed E-state index contributed by atoms with van der Waals surface area (Å²) >= 11 is 0. The molecule has 2 aromatic rings. The summed E-state index contributed by atoms with van der Waals surface area (Å²) in [4.78, 5) is 4.22. The van der Waals surface area contributed by atoms with Gasteiger partial charge in [-0.3, -0.25) is 0 Å². The molecule has 0 fully saturated rings. The highest BCUT2D eigenvalue weighted by atomic mass is 16.5. The lowest BCUT2D eigenvalue weighted by molar-refractivity contribution is 0.129. The Morgan fingerprint density at radius 1 is 1.23 bits per heavy atom. The molecule has 1 aromatic heterocycles. The van der Waals surface area contributed by atoms with E-state index in [-0.39, 0.29) is 5.60 Å². The van der Waals surface area contributed by atoms with E-state index in [4.69, 9.17) is 10.00 Å². The number of aryl methyl sites for hydroxylation is 1. The number of anilines is 1. The van der Waals surface area contributed by atoms with Crippen molar-refractivity contribution in [3.8, 4) is 11.8 Å². The Hall–Kier alpha value is -2.54. The molecule has 0 aliphatic carbocycles. The van der Waals surface area contributed by atoms with Crippen molar-refractivity contribution >= 4 is 5.82 Å². The van der Waals surface area contributed by atoms with E-state index < -0.39 is 0 Å². The fourth-order valence-corrected chi connectivity index (χ4v) is 2.01. The van der Waals surface area contributed by atoms with E-state index in [0.717, 1.165) is 16.9 Å². The van der Waals surface area contributed by atoms with Crippen LogP contribution in [0.15, 0.2) is 36.4 Å². The summed E-state index contributed by atoms with van der Waals surface area (Å²) in [6, 6.07) is 13.5. The fourth-order valence-electron chi connectivity index (χ4n) is 2.01. The summed E-state index contributed by atoms with van der Waals surface area (Å²) in [5, 5.41) is 12.1. The molecule has 114 valence electrons. The lowest BCUT2D eigenvalue weighted by Gasteiger charge is -2.24. The molecule has 2 rings (SSSR count). The van der Waals surface area contributed by atoms with E-state index in [1.807, 2.05) is 52.0 Å². The molecule has 0 saturated carbocycles. The third kappa shape index (κ3) is 4.49. The molecule has 1 N–H and O–H groups in total. The van der Waals surface area contributed by atoms with Crippen LogP contribution in [0.4, 0.5) is 5.82 Å². The van der Waals surface area contributed by atoms with Crippen molar-refractivity contribution in [2.24, 2.45) is 0 Å². The molecule has 0 atom stereocenters. The Balaban J connectivity index is 2.17. The fraction of sp³-hybridized carbons (Fsp3) is 0.333. The highest BCUT2D eigenvalue weighted by molar-refractivity contribution is 5.43. The van der Waals surface area contributed by atoms with Gasteiger partial charge in [-0.1, -0.05) is 18.2 Å². The number of rotatable bonds is 4. The van der Waals surface area contributed by atoms with Crippen molar-refractivity contribution in [1.82, 2.24) is 4.98 Å². The van der Waals surface area contributed by atoms with Crippen LogP contribution in [0, 0.1) is 18.3 Å². The third-order valence-electron chi connectivity index (χ3n) is 2.96. The quantitative estimate of drug-likeness (QED) is 0.924. The predicted molar refractivity (Wildman–Crippen MR) is 87.8 cm³/mol. The molecule has 1 aromatic carbocycles. The van der Waals surface area contributed by atoms with Gasteiger partial charge in [0.2, 0.25) is 0 Å². The summed E-state index contributed by atoms with van der Waals surface area (Å²) < 4.78 is 6.03. The van der Waals surface area contributed by atoms with Crippen LogP contribution >= 0.6 is 0 Å². The van der Waals surface area contributed by atoms with Crippen molar-refractivity contribution in [3.63, 3.8) is 0 Å². The summed E-state index contributed by atoms with van der Waals surface area (Å²) in [5.41, 5.74) is 2.37. The van der Waals surface area contributed by atoms with Gasteiger partial charge in [-0.25, -0.2) is 4.98 Å². The molecule has 0 bridgehead atoms. The molecule has 4 heteroatoms. The van der Waals surface area contributed by atoms with E-state index in [1.54, 1.807) is 6.07 Å². The largest absolute Gasteiger partial charge is 0.488 e. The number of aromatic nitrogens is 1. The normalized spacial score (nSPS) is 10.9. The van der Waals surface area contributed by atoms with Crippen molar-refractivity contribution < 1.29 is 4.74 Å². The predicted octanol–water partition coefficient (Wildman–Crippen LogP) is 4.05. The van der Waals surface area contributed by atoms with Gasteiger partial charge in [-0.2, -0.15) is 5.26 Å². The molecule has 0 saturated heterocycles. The zero-order valence-electron chi connectivity index (χ0n) is 13.5. The zero-order valence-corrected chi connectivity index (χ0v) is 13.5. The van der Waals surface area contributed by atoms with Gasteiger partial charge in [-0.15, -0.1) is 0 Å². The molecule has 0 amide bonds. The average Bonchev–Trinajstić information content (AvgIpc) is 2.45. The smallest absolute Gasteiger partial charge is 0.142 e. The molecule has 1 heterocycles. The van der Waals surface area contributed by atoms with Crippen LogP contribution in [0.3, 0.4) is 0 Å². The standard InChI is InChI=1S/C18H21N3O/c1-13-8-9-14(16(10-13)22-18(2,3)4)12-20-17-7-5-6-15(11-19)21-17/h5-10H,12H2,1-4H3,(H,20,21). The Labute approximate surface area is 131 Å². The Kier molecular flexibility index (Phi) is 4.67. The maximum Gasteiger partial charge on any atom is 0.142 e. The second-order valence-electron chi connectivity index (χ2n) is 6.20. The van der Waals surface area contributed by atoms with Crippen LogP contribution in [0.5, 0.6) is 5.75 Å². The van der Waals surface area contributed by atoms with Crippen molar-refractivity contribution in [2.45, 2.75) is 39.8 Å². The maximum absolute atomic E-state index is 8.89. The summed E-state index contributed by atoms with van der Waals surface area (Å²) in [5.74, 6) is 1.55. The second kappa shape index (κ2) is 6.48. The van der Waals surface area contributed by atoms with Crippen LogP contribution < -0.4 is 10.1 Å². The van der Waals surface area contributed by atoms with Gasteiger partial charge in [0.05, 0.1) is 0 Å². The van der Waals surface area contributed by atoms with Crippen molar-refractivity contribution in [3.05, 3.63) is 53.2 Å². The van der Waals surface area contributed by atoms with E-state index in [9.17, 15) is 0 Å². The Morgan fingerprint density at radius 2 is 2.00 bits per heavy atom. The number of hydrogen-bond acceptors (Lipinski definition) is 4. The molecule has 4 nitrogen and oxygen atoms in total. The van der Waals surface area contributed by atoms with E-state index in [2.05, 4.69) is 22.4 Å². The number of benzene rings is 1. The molecule has 0 spiro atoms. The summed E-state index contributed by atoms with van der Waals surface area (Å²) in [6.45, 7) is 8.73. The first-order valence-electron chi connectivity index (χ1n) is 7.27. The number of nitrogens with zero attached hydrogens (tertiary/aromatic N) is 2. The average molecular weight is 295 g/mol. The lowest BCUT2D eigenvalue weighted by atomic mass is 10.1. The summed E-state index contributed by atoms with van der Waals surface area (Å²) in [6.07, 6.45) is 0. The second-order valence-corrected chi connectivity index (χ2v) is 6.20. The van der Waals surface area contributed by atoms with Gasteiger partial charge < -0.3 is 10.1 Å². The molecular formula is C18H21N3O. The Morgan fingerprint density at radius 3 is 2.68 bits per heavy atom. The van der Waals surface area contributed by atoms with Gasteiger partial charge in [0.25, 0.3) is 0 Å². The third-order valence-corrected chi connectivity index (χ3v) is 2.96. The molecule has 22 heavy (non-hydrogen) atoms.